The molecule has 1 aromatic rings. The third-order valence-electron chi connectivity index (χ3n) is 6.62. The Labute approximate surface area is 182 Å². The minimum atomic E-state index is -3.57. The summed E-state index contributed by atoms with van der Waals surface area (Å²) in [5.41, 5.74) is 0.468. The monoisotopic (exact) mass is 435 g/mol. The van der Waals surface area contributed by atoms with Gasteiger partial charge in [-0.3, -0.25) is 4.79 Å². The first-order chi connectivity index (χ1) is 14.3. The molecule has 0 N–H and O–H groups in total. The highest BCUT2D eigenvalue weighted by Crippen LogP contribution is 2.24. The van der Waals surface area contributed by atoms with Crippen LogP contribution in [0.2, 0.25) is 0 Å². The Morgan fingerprint density at radius 2 is 1.80 bits per heavy atom. The molecule has 2 fully saturated rings. The first-order valence-corrected chi connectivity index (χ1v) is 12.9. The number of carbonyl (C=O) groups is 1. The second kappa shape index (κ2) is 10.2. The maximum absolute atomic E-state index is 13.2. The molecule has 1 amide bonds. The van der Waals surface area contributed by atoms with Gasteiger partial charge < -0.3 is 9.80 Å². The van der Waals surface area contributed by atoms with Gasteiger partial charge in [0.05, 0.1) is 4.90 Å². The lowest BCUT2D eigenvalue weighted by molar-refractivity contribution is 0.0622. The minimum absolute atomic E-state index is 0.0523. The molecule has 0 saturated carbocycles. The number of rotatable bonds is 7. The molecule has 0 aromatic heterocycles. The molecule has 2 aliphatic rings. The van der Waals surface area contributed by atoms with Crippen LogP contribution in [-0.2, 0) is 10.0 Å². The van der Waals surface area contributed by atoms with E-state index in [4.69, 9.17) is 0 Å². The van der Waals surface area contributed by atoms with E-state index in [1.165, 1.54) is 17.1 Å². The molecule has 30 heavy (non-hydrogen) atoms. The number of hydrogen-bond acceptors (Lipinski definition) is 4. The highest BCUT2D eigenvalue weighted by atomic mass is 32.2. The average Bonchev–Trinajstić information content (AvgIpc) is 2.76. The van der Waals surface area contributed by atoms with Crippen LogP contribution in [0.4, 0.5) is 0 Å². The lowest BCUT2D eigenvalue weighted by Crippen LogP contribution is -2.45. The molecule has 2 heterocycles. The van der Waals surface area contributed by atoms with Gasteiger partial charge in [0, 0.05) is 38.3 Å². The van der Waals surface area contributed by atoms with Gasteiger partial charge in [-0.25, -0.2) is 8.42 Å². The van der Waals surface area contributed by atoms with E-state index in [0.717, 1.165) is 51.5 Å². The number of likely N-dealkylation sites (tertiary alicyclic amines) is 2. The zero-order chi connectivity index (χ0) is 21.7. The topological polar surface area (TPSA) is 60.9 Å². The Balaban J connectivity index is 1.67. The summed E-state index contributed by atoms with van der Waals surface area (Å²) >= 11 is 0. The van der Waals surface area contributed by atoms with Gasteiger partial charge in [0.2, 0.25) is 10.0 Å². The average molecular weight is 436 g/mol. The molecule has 1 unspecified atom stereocenters. The first kappa shape index (κ1) is 23.2. The van der Waals surface area contributed by atoms with Crippen LogP contribution < -0.4 is 0 Å². The van der Waals surface area contributed by atoms with E-state index >= 15 is 0 Å². The fourth-order valence-corrected chi connectivity index (χ4v) is 6.20. The van der Waals surface area contributed by atoms with Crippen LogP contribution >= 0.6 is 0 Å². The second-order valence-electron chi connectivity index (χ2n) is 8.86. The standard InChI is InChI=1S/C23H37N3O3S/c1-4-26(5-2)30(28,29)22-10-6-9-21(16-22)23(27)25-13-7-8-20(18-25)17-24-14-11-19(3)12-15-24/h6,9-10,16,19-20H,4-5,7-8,11-15,17-18H2,1-3H3. The van der Waals surface area contributed by atoms with Crippen LogP contribution in [0.15, 0.2) is 29.2 Å². The summed E-state index contributed by atoms with van der Waals surface area (Å²) in [6, 6.07) is 6.55. The predicted octanol–water partition coefficient (Wildman–Crippen LogP) is 3.30. The predicted molar refractivity (Wildman–Crippen MR) is 120 cm³/mol. The van der Waals surface area contributed by atoms with Crippen molar-refractivity contribution in [3.8, 4) is 0 Å². The molecule has 0 aliphatic carbocycles. The molecule has 1 atom stereocenters. The van der Waals surface area contributed by atoms with E-state index in [1.54, 1.807) is 24.3 Å². The molecule has 6 nitrogen and oxygen atoms in total. The van der Waals surface area contributed by atoms with Crippen LogP contribution in [0.25, 0.3) is 0 Å². The molecule has 2 saturated heterocycles. The Bertz CT molecular complexity index is 815. The van der Waals surface area contributed by atoms with Crippen molar-refractivity contribution in [2.75, 3.05) is 45.8 Å². The van der Waals surface area contributed by atoms with Crippen molar-refractivity contribution < 1.29 is 13.2 Å². The summed E-state index contributed by atoms with van der Waals surface area (Å²) in [5, 5.41) is 0. The van der Waals surface area contributed by atoms with Crippen molar-refractivity contribution >= 4 is 15.9 Å². The molecule has 0 spiro atoms. The van der Waals surface area contributed by atoms with Gasteiger partial charge in [-0.15, -0.1) is 0 Å². The van der Waals surface area contributed by atoms with E-state index in [1.807, 2.05) is 18.7 Å². The van der Waals surface area contributed by atoms with Crippen molar-refractivity contribution in [3.05, 3.63) is 29.8 Å². The Hall–Kier alpha value is -1.44. The summed E-state index contributed by atoms with van der Waals surface area (Å²) in [7, 11) is -3.57. The smallest absolute Gasteiger partial charge is 0.253 e. The number of carbonyl (C=O) groups excluding carboxylic acids is 1. The summed E-state index contributed by atoms with van der Waals surface area (Å²) in [4.78, 5) is 17.8. The lowest BCUT2D eigenvalue weighted by atomic mass is 9.94. The van der Waals surface area contributed by atoms with E-state index in [-0.39, 0.29) is 10.8 Å². The van der Waals surface area contributed by atoms with Crippen molar-refractivity contribution in [1.29, 1.82) is 0 Å². The number of piperidine rings is 2. The van der Waals surface area contributed by atoms with Gasteiger partial charge >= 0.3 is 0 Å². The highest BCUT2D eigenvalue weighted by Gasteiger charge is 2.28. The van der Waals surface area contributed by atoms with Crippen LogP contribution in [0, 0.1) is 11.8 Å². The number of nitrogens with zero attached hydrogens (tertiary/aromatic N) is 3. The molecule has 7 heteroatoms. The number of amides is 1. The van der Waals surface area contributed by atoms with Crippen molar-refractivity contribution in [2.24, 2.45) is 11.8 Å². The number of hydrogen-bond donors (Lipinski definition) is 0. The third kappa shape index (κ3) is 5.42. The fourth-order valence-electron chi connectivity index (χ4n) is 4.69. The zero-order valence-electron chi connectivity index (χ0n) is 18.7. The summed E-state index contributed by atoms with van der Waals surface area (Å²) < 4.78 is 27.1. The summed E-state index contributed by atoms with van der Waals surface area (Å²) in [5.74, 6) is 1.27. The molecule has 168 valence electrons. The van der Waals surface area contributed by atoms with E-state index in [9.17, 15) is 13.2 Å². The Morgan fingerprint density at radius 1 is 1.10 bits per heavy atom. The first-order valence-electron chi connectivity index (χ1n) is 11.5. The van der Waals surface area contributed by atoms with Gasteiger partial charge in [-0.1, -0.05) is 26.8 Å². The third-order valence-corrected chi connectivity index (χ3v) is 8.67. The maximum atomic E-state index is 13.2. The van der Waals surface area contributed by atoms with Crippen LogP contribution in [0.3, 0.4) is 0 Å². The van der Waals surface area contributed by atoms with Crippen LogP contribution in [-0.4, -0.2) is 74.2 Å². The molecular formula is C23H37N3O3S. The van der Waals surface area contributed by atoms with Crippen molar-refractivity contribution in [1.82, 2.24) is 14.1 Å². The van der Waals surface area contributed by atoms with Crippen molar-refractivity contribution in [2.45, 2.75) is 51.3 Å². The van der Waals surface area contributed by atoms with Crippen LogP contribution in [0.1, 0.15) is 56.8 Å². The van der Waals surface area contributed by atoms with Gasteiger partial charge in [-0.05, 0) is 68.8 Å². The highest BCUT2D eigenvalue weighted by molar-refractivity contribution is 7.89. The molecule has 0 radical (unpaired) electrons. The second-order valence-corrected chi connectivity index (χ2v) is 10.8. The lowest BCUT2D eigenvalue weighted by Gasteiger charge is -2.38. The summed E-state index contributed by atoms with van der Waals surface area (Å²) in [6.07, 6.45) is 4.70. The Kier molecular flexibility index (Phi) is 7.93. The largest absolute Gasteiger partial charge is 0.338 e. The van der Waals surface area contributed by atoms with E-state index < -0.39 is 10.0 Å². The SMILES string of the molecule is CCN(CC)S(=O)(=O)c1cccc(C(=O)N2CCCC(CN3CCC(C)CC3)C2)c1. The Morgan fingerprint density at radius 3 is 2.47 bits per heavy atom. The fraction of sp³-hybridized carbons (Fsp3) is 0.696. The number of benzene rings is 1. The molecule has 2 aliphatic heterocycles. The zero-order valence-corrected chi connectivity index (χ0v) is 19.5. The molecular weight excluding hydrogens is 398 g/mol. The van der Waals surface area contributed by atoms with Gasteiger partial charge in [0.1, 0.15) is 0 Å². The van der Waals surface area contributed by atoms with Gasteiger partial charge in [-0.2, -0.15) is 4.31 Å². The van der Waals surface area contributed by atoms with Crippen molar-refractivity contribution in [3.63, 3.8) is 0 Å². The quantitative estimate of drug-likeness (QED) is 0.659. The van der Waals surface area contributed by atoms with Crippen LogP contribution in [0.5, 0.6) is 0 Å². The maximum Gasteiger partial charge on any atom is 0.253 e. The molecule has 0 bridgehead atoms. The number of sulfonamides is 1. The summed E-state index contributed by atoms with van der Waals surface area (Å²) in [6.45, 7) is 11.7. The molecule has 1 aromatic carbocycles. The normalized spacial score (nSPS) is 21.9. The van der Waals surface area contributed by atoms with Gasteiger partial charge in [0.15, 0.2) is 0 Å². The minimum Gasteiger partial charge on any atom is -0.338 e. The molecule has 3 rings (SSSR count). The van der Waals surface area contributed by atoms with Gasteiger partial charge in [0.25, 0.3) is 5.91 Å². The van der Waals surface area contributed by atoms with E-state index in [2.05, 4.69) is 11.8 Å². The van der Waals surface area contributed by atoms with E-state index in [0.29, 0.717) is 24.6 Å².